The van der Waals surface area contributed by atoms with Crippen molar-refractivity contribution in [3.63, 3.8) is 0 Å². The number of fused-ring (bicyclic) bond motifs is 1. The van der Waals surface area contributed by atoms with Crippen LogP contribution in [0.25, 0.3) is 22.2 Å². The van der Waals surface area contributed by atoms with Gasteiger partial charge in [-0.15, -0.1) is 11.3 Å². The van der Waals surface area contributed by atoms with Crippen molar-refractivity contribution in [1.82, 2.24) is 19.1 Å². The van der Waals surface area contributed by atoms with Gasteiger partial charge in [-0.3, -0.25) is 23.7 Å². The molecule has 1 amide bonds. The summed E-state index contributed by atoms with van der Waals surface area (Å²) in [5, 5.41) is 3.62. The smallest absolute Gasteiger partial charge is 0.302 e. The number of amides is 1. The Morgan fingerprint density at radius 1 is 1.11 bits per heavy atom. The Morgan fingerprint density at radius 2 is 1.83 bits per heavy atom. The normalized spacial score (nSPS) is 11.7. The van der Waals surface area contributed by atoms with E-state index in [1.807, 2.05) is 0 Å². The molecule has 0 fully saturated rings. The van der Waals surface area contributed by atoms with Gasteiger partial charge in [0.05, 0.1) is 28.7 Å². The van der Waals surface area contributed by atoms with Crippen LogP contribution in [0.1, 0.15) is 11.3 Å². The summed E-state index contributed by atoms with van der Waals surface area (Å²) in [6.45, 7) is 0. The van der Waals surface area contributed by atoms with Gasteiger partial charge in [-0.05, 0) is 18.2 Å². The first kappa shape index (κ1) is 24.2. The first-order valence-electron chi connectivity index (χ1n) is 9.74. The van der Waals surface area contributed by atoms with Crippen molar-refractivity contribution >= 4 is 33.3 Å². The zero-order valence-electron chi connectivity index (χ0n) is 17.9. The molecule has 1 N–H and O–H groups in total. The number of anilines is 1. The molecule has 4 rings (SSSR count). The van der Waals surface area contributed by atoms with Gasteiger partial charge in [0.2, 0.25) is 5.91 Å². The van der Waals surface area contributed by atoms with E-state index in [1.54, 1.807) is 0 Å². The molecule has 0 radical (unpaired) electrons. The molecule has 0 aliphatic rings. The number of alkyl halides is 3. The lowest BCUT2D eigenvalue weighted by Crippen LogP contribution is -2.37. The molecule has 8 nitrogen and oxygen atoms in total. The topological polar surface area (TPSA) is 98.9 Å². The molecule has 0 aliphatic heterocycles. The molecule has 0 atom stereocenters. The molecule has 35 heavy (non-hydrogen) atoms. The number of pyridine rings is 1. The number of aryl methyl sites for hydroxylation is 1. The first-order valence-corrected chi connectivity index (χ1v) is 10.6. The van der Waals surface area contributed by atoms with Crippen LogP contribution in [-0.4, -0.2) is 25.0 Å². The Morgan fingerprint density at radius 3 is 2.51 bits per heavy atom. The summed E-state index contributed by atoms with van der Waals surface area (Å²) in [5.74, 6) is -4.24. The number of nitrogens with one attached hydrogen (secondary N) is 1. The molecule has 1 aromatic carbocycles. The molecule has 14 heteroatoms. The maximum atomic E-state index is 14.4. The first-order chi connectivity index (χ1) is 16.4. The van der Waals surface area contributed by atoms with Gasteiger partial charge in [0, 0.05) is 31.2 Å². The van der Waals surface area contributed by atoms with Crippen molar-refractivity contribution in [2.24, 2.45) is 14.1 Å². The highest BCUT2D eigenvalue weighted by Gasteiger charge is 2.39. The van der Waals surface area contributed by atoms with Gasteiger partial charge in [-0.25, -0.2) is 18.6 Å². The molecule has 3 aromatic heterocycles. The molecule has 0 saturated heterocycles. The SMILES string of the molecule is Cn1c(=O)c2c(CC(=O)Nc3nc(-c4ccc(F)c(C(F)(F)F)c4F)cs3)nccc2n(C)c1=O. The Labute approximate surface area is 196 Å². The van der Waals surface area contributed by atoms with E-state index in [9.17, 15) is 36.3 Å². The third kappa shape index (κ3) is 4.32. The molecule has 0 unspecified atom stereocenters. The van der Waals surface area contributed by atoms with Crippen LogP contribution >= 0.6 is 11.3 Å². The highest BCUT2D eigenvalue weighted by Crippen LogP contribution is 2.38. The van der Waals surface area contributed by atoms with Crippen LogP contribution in [0.4, 0.5) is 27.1 Å². The fourth-order valence-corrected chi connectivity index (χ4v) is 4.23. The number of benzene rings is 1. The van der Waals surface area contributed by atoms with Gasteiger partial charge >= 0.3 is 11.9 Å². The maximum Gasteiger partial charge on any atom is 0.422 e. The second-order valence-corrected chi connectivity index (χ2v) is 8.26. The third-order valence-electron chi connectivity index (χ3n) is 5.19. The van der Waals surface area contributed by atoms with Crippen LogP contribution in [0, 0.1) is 11.6 Å². The second-order valence-electron chi connectivity index (χ2n) is 7.40. The van der Waals surface area contributed by atoms with E-state index in [0.717, 1.165) is 22.0 Å². The fourth-order valence-electron chi connectivity index (χ4n) is 3.50. The van der Waals surface area contributed by atoms with Gasteiger partial charge in [0.25, 0.3) is 5.56 Å². The lowest BCUT2D eigenvalue weighted by atomic mass is 10.1. The van der Waals surface area contributed by atoms with Gasteiger partial charge < -0.3 is 5.32 Å². The Bertz CT molecular complexity index is 1610. The summed E-state index contributed by atoms with van der Waals surface area (Å²) in [5.41, 5.74) is -3.68. The molecule has 3 heterocycles. The predicted molar refractivity (Wildman–Crippen MR) is 117 cm³/mol. The average molecular weight is 511 g/mol. The molecule has 0 aliphatic carbocycles. The van der Waals surface area contributed by atoms with E-state index in [-0.39, 0.29) is 33.8 Å². The molecule has 4 aromatic rings. The Kier molecular flexibility index (Phi) is 6.00. The summed E-state index contributed by atoms with van der Waals surface area (Å²) in [4.78, 5) is 45.3. The van der Waals surface area contributed by atoms with E-state index in [2.05, 4.69) is 15.3 Å². The predicted octanol–water partition coefficient (Wildman–Crippen LogP) is 3.23. The molecular weight excluding hydrogens is 497 g/mol. The van der Waals surface area contributed by atoms with E-state index in [4.69, 9.17) is 0 Å². The zero-order chi connectivity index (χ0) is 25.7. The molecule has 182 valence electrons. The van der Waals surface area contributed by atoms with Gasteiger partial charge in [-0.2, -0.15) is 13.2 Å². The number of hydrogen-bond donors (Lipinski definition) is 1. The van der Waals surface area contributed by atoms with E-state index < -0.39 is 46.1 Å². The lowest BCUT2D eigenvalue weighted by Gasteiger charge is -2.11. The van der Waals surface area contributed by atoms with Crippen LogP contribution < -0.4 is 16.6 Å². The van der Waals surface area contributed by atoms with Gasteiger partial charge in [0.1, 0.15) is 17.2 Å². The van der Waals surface area contributed by atoms with Crippen LogP contribution in [-0.2, 0) is 31.5 Å². The average Bonchev–Trinajstić information content (AvgIpc) is 3.23. The van der Waals surface area contributed by atoms with E-state index in [0.29, 0.717) is 6.07 Å². The molecule has 0 spiro atoms. The minimum Gasteiger partial charge on any atom is -0.302 e. The highest BCUT2D eigenvalue weighted by atomic mass is 32.1. The number of halogens is 5. The van der Waals surface area contributed by atoms with E-state index >= 15 is 0 Å². The number of hydrogen-bond acceptors (Lipinski definition) is 6. The van der Waals surface area contributed by atoms with Crippen molar-refractivity contribution in [3.8, 4) is 11.3 Å². The van der Waals surface area contributed by atoms with Crippen molar-refractivity contribution in [2.45, 2.75) is 12.6 Å². The van der Waals surface area contributed by atoms with Crippen LogP contribution in [0.5, 0.6) is 0 Å². The summed E-state index contributed by atoms with van der Waals surface area (Å²) >= 11 is 0.807. The number of carbonyl (C=O) groups is 1. The maximum absolute atomic E-state index is 14.4. The van der Waals surface area contributed by atoms with Crippen LogP contribution in [0.3, 0.4) is 0 Å². The van der Waals surface area contributed by atoms with Crippen LogP contribution in [0.2, 0.25) is 0 Å². The summed E-state index contributed by atoms with van der Waals surface area (Å²) in [7, 11) is 2.75. The summed E-state index contributed by atoms with van der Waals surface area (Å²) < 4.78 is 69.1. The van der Waals surface area contributed by atoms with Crippen molar-refractivity contribution in [1.29, 1.82) is 0 Å². The van der Waals surface area contributed by atoms with Gasteiger partial charge in [0.15, 0.2) is 5.13 Å². The fraction of sp³-hybridized carbons (Fsp3) is 0.190. The number of rotatable bonds is 4. The number of carbonyl (C=O) groups excluding carboxylic acids is 1. The largest absolute Gasteiger partial charge is 0.422 e. The van der Waals surface area contributed by atoms with Gasteiger partial charge in [-0.1, -0.05) is 0 Å². The quantitative estimate of drug-likeness (QED) is 0.425. The summed E-state index contributed by atoms with van der Waals surface area (Å²) in [6, 6.07) is 2.76. The Balaban J connectivity index is 1.62. The number of thiazole rings is 1. The van der Waals surface area contributed by atoms with E-state index in [1.165, 1.54) is 36.3 Å². The number of aromatic nitrogens is 4. The minimum absolute atomic E-state index is 0.0668. The Hall–Kier alpha value is -3.94. The van der Waals surface area contributed by atoms with Crippen molar-refractivity contribution < 1.29 is 26.7 Å². The molecular formula is C21H14F5N5O3S. The molecule has 0 bridgehead atoms. The van der Waals surface area contributed by atoms with Crippen LogP contribution in [0.15, 0.2) is 39.4 Å². The molecule has 0 saturated carbocycles. The third-order valence-corrected chi connectivity index (χ3v) is 5.95. The van der Waals surface area contributed by atoms with Crippen molar-refractivity contribution in [2.75, 3.05) is 5.32 Å². The van der Waals surface area contributed by atoms with Crippen molar-refractivity contribution in [3.05, 3.63) is 73.5 Å². The standard InChI is InChI=1S/C21H14F5N5O3S/c1-30-13-5-6-27-11(15(13)18(33)31(2)20(30)34)7-14(32)29-19-28-12(8-35-19)9-3-4-10(22)16(17(9)23)21(24,25)26/h3-6,8H,7H2,1-2H3,(H,28,29,32). The summed E-state index contributed by atoms with van der Waals surface area (Å²) in [6.07, 6.45) is -4.30. The second kappa shape index (κ2) is 8.69. The zero-order valence-corrected chi connectivity index (χ0v) is 18.7. The highest BCUT2D eigenvalue weighted by molar-refractivity contribution is 7.14. The lowest BCUT2D eigenvalue weighted by molar-refractivity contribution is -0.142. The number of nitrogens with zero attached hydrogens (tertiary/aromatic N) is 4. The minimum atomic E-state index is -5.25. The monoisotopic (exact) mass is 511 g/mol.